The highest BCUT2D eigenvalue weighted by Gasteiger charge is 2.30. The van der Waals surface area contributed by atoms with Crippen molar-refractivity contribution in [2.24, 2.45) is 23.5 Å². The van der Waals surface area contributed by atoms with Gasteiger partial charge in [0.1, 0.15) is 5.82 Å². The molecular weight excluding hydrogens is 263 g/mol. The van der Waals surface area contributed by atoms with E-state index in [0.717, 1.165) is 30.4 Å². The fraction of sp³-hybridized carbons (Fsp3) is 0.667. The Balaban J connectivity index is 1.92. The first-order valence-corrected chi connectivity index (χ1v) is 8.15. The maximum Gasteiger partial charge on any atom is 0.127 e. The molecule has 118 valence electrons. The number of rotatable bonds is 5. The minimum absolute atomic E-state index is 0.114. The molecule has 1 fully saturated rings. The van der Waals surface area contributed by atoms with Crippen LogP contribution in [0.5, 0.6) is 0 Å². The topological polar surface area (TPSA) is 29.3 Å². The standard InChI is InChI=1S/C18H29FN2/c1-13(2)14-8-9-18(20)16(10-14)12-21(3)11-15-6-4-5-7-17(15)19/h4-7,13-14,16,18H,8-12,20H2,1-3H3. The van der Waals surface area contributed by atoms with Crippen LogP contribution in [0.25, 0.3) is 0 Å². The van der Waals surface area contributed by atoms with Crippen LogP contribution in [0.4, 0.5) is 4.39 Å². The van der Waals surface area contributed by atoms with Crippen molar-refractivity contribution >= 4 is 0 Å². The number of nitrogens with two attached hydrogens (primary N) is 1. The van der Waals surface area contributed by atoms with E-state index in [2.05, 4.69) is 25.8 Å². The van der Waals surface area contributed by atoms with Gasteiger partial charge in [0.2, 0.25) is 0 Å². The molecule has 1 aliphatic carbocycles. The Kier molecular flexibility index (Phi) is 5.77. The summed E-state index contributed by atoms with van der Waals surface area (Å²) in [5.41, 5.74) is 7.08. The molecule has 0 aromatic heterocycles. The van der Waals surface area contributed by atoms with Gasteiger partial charge in [0.15, 0.2) is 0 Å². The molecule has 0 amide bonds. The maximum atomic E-state index is 13.7. The summed E-state index contributed by atoms with van der Waals surface area (Å²) in [7, 11) is 2.07. The molecule has 0 bridgehead atoms. The summed E-state index contributed by atoms with van der Waals surface area (Å²) in [6, 6.07) is 7.33. The lowest BCUT2D eigenvalue weighted by Gasteiger charge is -2.38. The zero-order chi connectivity index (χ0) is 15.4. The molecule has 1 aromatic carbocycles. The summed E-state index contributed by atoms with van der Waals surface area (Å²) < 4.78 is 13.7. The summed E-state index contributed by atoms with van der Waals surface area (Å²) in [6.45, 7) is 6.23. The third-order valence-electron chi connectivity index (χ3n) is 4.97. The average molecular weight is 292 g/mol. The Labute approximate surface area is 128 Å². The lowest BCUT2D eigenvalue weighted by atomic mass is 9.74. The minimum atomic E-state index is -0.114. The first-order chi connectivity index (χ1) is 9.97. The molecule has 2 rings (SSSR count). The van der Waals surface area contributed by atoms with Gasteiger partial charge in [-0.3, -0.25) is 0 Å². The quantitative estimate of drug-likeness (QED) is 0.897. The SMILES string of the molecule is CC(C)C1CCC(N)C(CN(C)Cc2ccccc2F)C1. The molecule has 21 heavy (non-hydrogen) atoms. The largest absolute Gasteiger partial charge is 0.327 e. The van der Waals surface area contributed by atoms with Crippen molar-refractivity contribution in [3.63, 3.8) is 0 Å². The molecule has 0 radical (unpaired) electrons. The van der Waals surface area contributed by atoms with Gasteiger partial charge in [-0.25, -0.2) is 4.39 Å². The van der Waals surface area contributed by atoms with E-state index in [9.17, 15) is 4.39 Å². The average Bonchev–Trinajstić information content (AvgIpc) is 2.43. The van der Waals surface area contributed by atoms with Crippen molar-refractivity contribution in [3.8, 4) is 0 Å². The first-order valence-electron chi connectivity index (χ1n) is 8.15. The molecule has 0 spiro atoms. The lowest BCUT2D eigenvalue weighted by Crippen LogP contribution is -2.42. The van der Waals surface area contributed by atoms with Gasteiger partial charge in [0.25, 0.3) is 0 Å². The molecule has 3 heteroatoms. The second-order valence-corrected chi connectivity index (χ2v) is 7.03. The number of nitrogens with zero attached hydrogens (tertiary/aromatic N) is 1. The summed E-state index contributed by atoms with van der Waals surface area (Å²) in [6.07, 6.45) is 3.59. The molecule has 0 aliphatic heterocycles. The molecule has 3 atom stereocenters. The molecule has 2 N–H and O–H groups in total. The van der Waals surface area contributed by atoms with Crippen molar-refractivity contribution in [2.75, 3.05) is 13.6 Å². The van der Waals surface area contributed by atoms with E-state index in [-0.39, 0.29) is 5.82 Å². The monoisotopic (exact) mass is 292 g/mol. The van der Waals surface area contributed by atoms with Crippen LogP contribution in [0.2, 0.25) is 0 Å². The highest BCUT2D eigenvalue weighted by molar-refractivity contribution is 5.17. The molecular formula is C18H29FN2. The van der Waals surface area contributed by atoms with Crippen LogP contribution in [0, 0.1) is 23.6 Å². The van der Waals surface area contributed by atoms with Gasteiger partial charge >= 0.3 is 0 Å². The van der Waals surface area contributed by atoms with Gasteiger partial charge in [0.05, 0.1) is 0 Å². The van der Waals surface area contributed by atoms with Gasteiger partial charge in [-0.1, -0.05) is 32.0 Å². The number of hydrogen-bond acceptors (Lipinski definition) is 2. The van der Waals surface area contributed by atoms with Crippen LogP contribution in [0.15, 0.2) is 24.3 Å². The van der Waals surface area contributed by atoms with E-state index >= 15 is 0 Å². The Bertz CT molecular complexity index is 447. The van der Waals surface area contributed by atoms with E-state index in [1.165, 1.54) is 18.9 Å². The fourth-order valence-electron chi connectivity index (χ4n) is 3.52. The normalized spacial score (nSPS) is 26.5. The van der Waals surface area contributed by atoms with Crippen LogP contribution in [-0.4, -0.2) is 24.5 Å². The summed E-state index contributed by atoms with van der Waals surface area (Å²) >= 11 is 0. The zero-order valence-electron chi connectivity index (χ0n) is 13.6. The molecule has 1 aromatic rings. The fourth-order valence-corrected chi connectivity index (χ4v) is 3.52. The van der Waals surface area contributed by atoms with Gasteiger partial charge in [-0.2, -0.15) is 0 Å². The maximum absolute atomic E-state index is 13.7. The summed E-state index contributed by atoms with van der Waals surface area (Å²) in [5.74, 6) is 1.94. The van der Waals surface area contributed by atoms with Crippen LogP contribution in [0.3, 0.4) is 0 Å². The third-order valence-corrected chi connectivity index (χ3v) is 4.97. The lowest BCUT2D eigenvalue weighted by molar-refractivity contribution is 0.146. The van der Waals surface area contributed by atoms with Crippen molar-refractivity contribution in [1.29, 1.82) is 0 Å². The van der Waals surface area contributed by atoms with Crippen LogP contribution >= 0.6 is 0 Å². The first kappa shape index (κ1) is 16.4. The van der Waals surface area contributed by atoms with E-state index in [1.54, 1.807) is 6.07 Å². The molecule has 1 saturated carbocycles. The molecule has 0 heterocycles. The highest BCUT2D eigenvalue weighted by Crippen LogP contribution is 2.33. The molecule has 0 saturated heterocycles. The van der Waals surface area contributed by atoms with Crippen LogP contribution in [0.1, 0.15) is 38.7 Å². The Morgan fingerprint density at radius 3 is 2.67 bits per heavy atom. The number of benzene rings is 1. The summed E-state index contributed by atoms with van der Waals surface area (Å²) in [5, 5.41) is 0. The van der Waals surface area contributed by atoms with Crippen molar-refractivity contribution < 1.29 is 4.39 Å². The van der Waals surface area contributed by atoms with Crippen LogP contribution in [-0.2, 0) is 6.54 Å². The third kappa shape index (κ3) is 4.52. The van der Waals surface area contributed by atoms with E-state index in [0.29, 0.717) is 18.5 Å². The minimum Gasteiger partial charge on any atom is -0.327 e. The smallest absolute Gasteiger partial charge is 0.127 e. The van der Waals surface area contributed by atoms with Gasteiger partial charge < -0.3 is 10.6 Å². The predicted octanol–water partition coefficient (Wildman–Crippen LogP) is 3.66. The zero-order valence-corrected chi connectivity index (χ0v) is 13.6. The van der Waals surface area contributed by atoms with Crippen molar-refractivity contribution in [1.82, 2.24) is 4.90 Å². The van der Waals surface area contributed by atoms with Crippen LogP contribution < -0.4 is 5.73 Å². The second-order valence-electron chi connectivity index (χ2n) is 7.03. The highest BCUT2D eigenvalue weighted by atomic mass is 19.1. The Hall–Kier alpha value is -0.930. The Morgan fingerprint density at radius 2 is 2.00 bits per heavy atom. The summed E-state index contributed by atoms with van der Waals surface area (Å²) in [4.78, 5) is 2.21. The predicted molar refractivity (Wildman–Crippen MR) is 86.4 cm³/mol. The van der Waals surface area contributed by atoms with E-state index in [1.807, 2.05) is 12.1 Å². The molecule has 2 nitrogen and oxygen atoms in total. The van der Waals surface area contributed by atoms with E-state index in [4.69, 9.17) is 5.73 Å². The number of hydrogen-bond donors (Lipinski definition) is 1. The van der Waals surface area contributed by atoms with Crippen molar-refractivity contribution in [3.05, 3.63) is 35.6 Å². The number of halogens is 1. The Morgan fingerprint density at radius 1 is 1.29 bits per heavy atom. The molecule has 1 aliphatic rings. The van der Waals surface area contributed by atoms with Crippen molar-refractivity contribution in [2.45, 2.75) is 45.7 Å². The van der Waals surface area contributed by atoms with Gasteiger partial charge in [-0.05, 0) is 50.1 Å². The van der Waals surface area contributed by atoms with Gasteiger partial charge in [0, 0.05) is 24.7 Å². The van der Waals surface area contributed by atoms with E-state index < -0.39 is 0 Å². The van der Waals surface area contributed by atoms with Gasteiger partial charge in [-0.15, -0.1) is 0 Å². The second kappa shape index (κ2) is 7.37. The molecule has 3 unspecified atom stereocenters.